The maximum atomic E-state index is 12.1. The van der Waals surface area contributed by atoms with Gasteiger partial charge in [-0.1, -0.05) is 32.9 Å². The van der Waals surface area contributed by atoms with E-state index in [1.54, 1.807) is 13.2 Å². The molecule has 1 aliphatic carbocycles. The summed E-state index contributed by atoms with van der Waals surface area (Å²) in [6, 6.07) is 7.99. The highest BCUT2D eigenvalue weighted by molar-refractivity contribution is 5.91. The summed E-state index contributed by atoms with van der Waals surface area (Å²) in [5.74, 6) is 1.59. The van der Waals surface area contributed by atoms with Gasteiger partial charge in [-0.3, -0.25) is 4.79 Å². The highest BCUT2D eigenvalue weighted by Gasteiger charge is 2.29. The second kappa shape index (κ2) is 7.67. The van der Waals surface area contributed by atoms with E-state index in [1.807, 2.05) is 30.3 Å². The Kier molecular flexibility index (Phi) is 5.86. The zero-order valence-corrected chi connectivity index (χ0v) is 14.8. The second-order valence-corrected chi connectivity index (χ2v) is 7.53. The fraction of sp³-hybridized carbons (Fsp3) is 0.550. The van der Waals surface area contributed by atoms with Crippen molar-refractivity contribution >= 4 is 12.0 Å². The van der Waals surface area contributed by atoms with E-state index in [9.17, 15) is 4.79 Å². The van der Waals surface area contributed by atoms with Crippen molar-refractivity contribution in [1.29, 1.82) is 0 Å². The van der Waals surface area contributed by atoms with Crippen molar-refractivity contribution < 1.29 is 9.53 Å². The molecule has 1 aromatic rings. The maximum absolute atomic E-state index is 12.1. The van der Waals surface area contributed by atoms with Gasteiger partial charge in [-0.15, -0.1) is 0 Å². The molecule has 0 radical (unpaired) electrons. The number of hydrogen-bond acceptors (Lipinski definition) is 2. The maximum Gasteiger partial charge on any atom is 0.244 e. The minimum atomic E-state index is 0.0000247. The number of nitrogens with one attached hydrogen (secondary N) is 1. The van der Waals surface area contributed by atoms with Gasteiger partial charge in [0.25, 0.3) is 0 Å². The zero-order chi connectivity index (χ0) is 16.9. The molecule has 1 fully saturated rings. The SMILES string of the molecule is COc1ccc(/C=C/C(=O)NC2CCC(C(C)(C)C)CC2)cc1. The summed E-state index contributed by atoms with van der Waals surface area (Å²) in [6.45, 7) is 6.94. The molecule has 3 nitrogen and oxygen atoms in total. The van der Waals surface area contributed by atoms with E-state index in [4.69, 9.17) is 4.74 Å². The number of amides is 1. The van der Waals surface area contributed by atoms with Crippen molar-refractivity contribution in [3.8, 4) is 5.75 Å². The molecule has 0 saturated heterocycles. The fourth-order valence-electron chi connectivity index (χ4n) is 3.24. The van der Waals surface area contributed by atoms with Gasteiger partial charge >= 0.3 is 0 Å². The number of benzene rings is 1. The van der Waals surface area contributed by atoms with Crippen LogP contribution >= 0.6 is 0 Å². The number of carbonyl (C=O) groups is 1. The predicted octanol–water partition coefficient (Wildman–Crippen LogP) is 4.43. The van der Waals surface area contributed by atoms with E-state index in [2.05, 4.69) is 26.1 Å². The van der Waals surface area contributed by atoms with Gasteiger partial charge in [-0.25, -0.2) is 0 Å². The molecule has 0 aromatic heterocycles. The lowest BCUT2D eigenvalue weighted by Crippen LogP contribution is -2.38. The lowest BCUT2D eigenvalue weighted by atomic mass is 9.71. The van der Waals surface area contributed by atoms with Crippen LogP contribution in [0.3, 0.4) is 0 Å². The minimum Gasteiger partial charge on any atom is -0.497 e. The summed E-state index contributed by atoms with van der Waals surface area (Å²) in [5, 5.41) is 3.13. The normalized spacial score (nSPS) is 22.1. The Morgan fingerprint density at radius 1 is 1.13 bits per heavy atom. The van der Waals surface area contributed by atoms with Crippen LogP contribution in [0.1, 0.15) is 52.0 Å². The highest BCUT2D eigenvalue weighted by Crippen LogP contribution is 2.37. The number of rotatable bonds is 4. The molecule has 3 heteroatoms. The smallest absolute Gasteiger partial charge is 0.244 e. The molecule has 0 aliphatic heterocycles. The number of carbonyl (C=O) groups excluding carboxylic acids is 1. The molecule has 1 amide bonds. The second-order valence-electron chi connectivity index (χ2n) is 7.53. The summed E-state index contributed by atoms with van der Waals surface area (Å²) in [4.78, 5) is 12.1. The van der Waals surface area contributed by atoms with E-state index in [0.29, 0.717) is 11.5 Å². The molecule has 1 N–H and O–H groups in total. The Morgan fingerprint density at radius 3 is 2.26 bits per heavy atom. The summed E-state index contributed by atoms with van der Waals surface area (Å²) in [6.07, 6.45) is 8.05. The molecule has 0 unspecified atom stereocenters. The Labute approximate surface area is 140 Å². The van der Waals surface area contributed by atoms with Gasteiger partial charge in [-0.05, 0) is 60.8 Å². The molecular formula is C20H29NO2. The summed E-state index contributed by atoms with van der Waals surface area (Å²) in [5.41, 5.74) is 1.38. The van der Waals surface area contributed by atoms with Crippen LogP contribution < -0.4 is 10.1 Å². The first kappa shape index (κ1) is 17.6. The minimum absolute atomic E-state index is 0.0000247. The van der Waals surface area contributed by atoms with Gasteiger partial charge in [0.1, 0.15) is 5.75 Å². The number of ether oxygens (including phenoxy) is 1. The molecule has 0 spiro atoms. The molecule has 0 heterocycles. The molecule has 1 aromatic carbocycles. The monoisotopic (exact) mass is 315 g/mol. The Balaban J connectivity index is 1.80. The third kappa shape index (κ3) is 5.42. The van der Waals surface area contributed by atoms with Crippen molar-refractivity contribution in [2.45, 2.75) is 52.5 Å². The highest BCUT2D eigenvalue weighted by atomic mass is 16.5. The van der Waals surface area contributed by atoms with Crippen LogP contribution in [0.15, 0.2) is 30.3 Å². The van der Waals surface area contributed by atoms with E-state index in [0.717, 1.165) is 30.1 Å². The van der Waals surface area contributed by atoms with Crippen LogP contribution in [0.2, 0.25) is 0 Å². The molecule has 2 rings (SSSR count). The van der Waals surface area contributed by atoms with Gasteiger partial charge in [0, 0.05) is 12.1 Å². The van der Waals surface area contributed by atoms with Crippen LogP contribution in [0.25, 0.3) is 6.08 Å². The van der Waals surface area contributed by atoms with Gasteiger partial charge < -0.3 is 10.1 Å². The van der Waals surface area contributed by atoms with Crippen molar-refractivity contribution in [2.75, 3.05) is 7.11 Å². The van der Waals surface area contributed by atoms with Crippen LogP contribution in [0.4, 0.5) is 0 Å². The number of methoxy groups -OCH3 is 1. The lowest BCUT2D eigenvalue weighted by Gasteiger charge is -2.37. The first-order chi connectivity index (χ1) is 10.9. The summed E-state index contributed by atoms with van der Waals surface area (Å²) >= 11 is 0. The summed E-state index contributed by atoms with van der Waals surface area (Å²) in [7, 11) is 1.65. The third-order valence-corrected chi connectivity index (χ3v) is 4.84. The quantitative estimate of drug-likeness (QED) is 0.835. The molecule has 126 valence electrons. The van der Waals surface area contributed by atoms with Crippen LogP contribution in [0, 0.1) is 11.3 Å². The number of hydrogen-bond donors (Lipinski definition) is 1. The van der Waals surface area contributed by atoms with Gasteiger partial charge in [-0.2, -0.15) is 0 Å². The largest absolute Gasteiger partial charge is 0.497 e. The average Bonchev–Trinajstić information content (AvgIpc) is 2.53. The van der Waals surface area contributed by atoms with Crippen LogP contribution in [-0.4, -0.2) is 19.1 Å². The first-order valence-electron chi connectivity index (χ1n) is 8.51. The molecule has 23 heavy (non-hydrogen) atoms. The third-order valence-electron chi connectivity index (χ3n) is 4.84. The Hall–Kier alpha value is -1.77. The van der Waals surface area contributed by atoms with Crippen LogP contribution in [0.5, 0.6) is 5.75 Å². The van der Waals surface area contributed by atoms with Crippen LogP contribution in [-0.2, 0) is 4.79 Å². The van der Waals surface area contributed by atoms with E-state index in [1.165, 1.54) is 12.8 Å². The molecule has 1 aliphatic rings. The Morgan fingerprint density at radius 2 is 1.74 bits per heavy atom. The zero-order valence-electron chi connectivity index (χ0n) is 14.8. The Bertz CT molecular complexity index is 532. The van der Waals surface area contributed by atoms with E-state index in [-0.39, 0.29) is 5.91 Å². The van der Waals surface area contributed by atoms with Crippen molar-refractivity contribution in [1.82, 2.24) is 5.32 Å². The predicted molar refractivity (Wildman–Crippen MR) is 95.4 cm³/mol. The van der Waals surface area contributed by atoms with Gasteiger partial charge in [0.15, 0.2) is 0 Å². The lowest BCUT2D eigenvalue weighted by molar-refractivity contribution is -0.117. The molecule has 0 bridgehead atoms. The molecule has 1 saturated carbocycles. The van der Waals surface area contributed by atoms with Gasteiger partial charge in [0.05, 0.1) is 7.11 Å². The van der Waals surface area contributed by atoms with Crippen molar-refractivity contribution in [3.05, 3.63) is 35.9 Å². The summed E-state index contributed by atoms with van der Waals surface area (Å²) < 4.78 is 5.12. The van der Waals surface area contributed by atoms with E-state index >= 15 is 0 Å². The topological polar surface area (TPSA) is 38.3 Å². The fourth-order valence-corrected chi connectivity index (χ4v) is 3.24. The van der Waals surface area contributed by atoms with E-state index < -0.39 is 0 Å². The first-order valence-corrected chi connectivity index (χ1v) is 8.51. The standard InChI is InChI=1S/C20H29NO2/c1-20(2,3)16-8-10-17(11-9-16)21-19(22)14-7-15-5-12-18(23-4)13-6-15/h5-7,12-14,16-17H,8-11H2,1-4H3,(H,21,22)/b14-7+. The van der Waals surface area contributed by atoms with Crippen molar-refractivity contribution in [3.63, 3.8) is 0 Å². The van der Waals surface area contributed by atoms with Crippen molar-refractivity contribution in [2.24, 2.45) is 11.3 Å². The molecular weight excluding hydrogens is 286 g/mol. The molecule has 0 atom stereocenters. The average molecular weight is 315 g/mol. The van der Waals surface area contributed by atoms with Gasteiger partial charge in [0.2, 0.25) is 5.91 Å².